The minimum Gasteiger partial charge on any atom is -0.489 e. The van der Waals surface area contributed by atoms with Crippen molar-refractivity contribution >= 4 is 18.3 Å². The van der Waals surface area contributed by atoms with Crippen LogP contribution in [0, 0.1) is 12.8 Å². The number of ether oxygens (including phenoxy) is 1. The highest BCUT2D eigenvalue weighted by Gasteiger charge is 2.14. The number of hydrogen-bond acceptors (Lipinski definition) is 3. The number of hydrogen-bond donors (Lipinski definition) is 2. The highest BCUT2D eigenvalue weighted by atomic mass is 35.5. The summed E-state index contributed by atoms with van der Waals surface area (Å²) in [5, 5.41) is 6.39. The summed E-state index contributed by atoms with van der Waals surface area (Å²) in [6.45, 7) is 5.55. The molecule has 2 N–H and O–H groups in total. The lowest BCUT2D eigenvalue weighted by Gasteiger charge is -2.11. The van der Waals surface area contributed by atoms with Gasteiger partial charge in [-0.05, 0) is 62.0 Å². The first-order valence-electron chi connectivity index (χ1n) is 9.44. The van der Waals surface area contributed by atoms with E-state index in [1.54, 1.807) is 0 Å². The van der Waals surface area contributed by atoms with E-state index in [-0.39, 0.29) is 18.3 Å². The fourth-order valence-corrected chi connectivity index (χ4v) is 3.34. The van der Waals surface area contributed by atoms with E-state index in [0.29, 0.717) is 18.9 Å². The Labute approximate surface area is 168 Å². The number of carbonyl (C=O) groups is 1. The van der Waals surface area contributed by atoms with Gasteiger partial charge in [-0.25, -0.2) is 0 Å². The number of benzene rings is 2. The van der Waals surface area contributed by atoms with E-state index in [2.05, 4.69) is 35.8 Å². The van der Waals surface area contributed by atoms with E-state index in [1.807, 2.05) is 30.3 Å². The molecule has 2 aromatic rings. The molecule has 1 saturated heterocycles. The molecule has 1 amide bonds. The summed E-state index contributed by atoms with van der Waals surface area (Å²) in [6.07, 6.45) is 2.67. The molecule has 5 heteroatoms. The maximum atomic E-state index is 12.1. The van der Waals surface area contributed by atoms with Crippen LogP contribution in [-0.2, 0) is 17.8 Å². The van der Waals surface area contributed by atoms with Crippen molar-refractivity contribution in [3.05, 3.63) is 65.2 Å². The predicted octanol–water partition coefficient (Wildman–Crippen LogP) is 3.65. The van der Waals surface area contributed by atoms with Crippen LogP contribution in [0.25, 0.3) is 0 Å². The highest BCUT2D eigenvalue weighted by Crippen LogP contribution is 2.16. The summed E-state index contributed by atoms with van der Waals surface area (Å²) in [7, 11) is 0. The summed E-state index contributed by atoms with van der Waals surface area (Å²) in [5.74, 6) is 1.58. The SMILES string of the molecule is Cc1cccc(COc2cccc(CC(=O)NCCC3CCNC3)c2)c1.Cl. The van der Waals surface area contributed by atoms with Crippen molar-refractivity contribution in [3.63, 3.8) is 0 Å². The third kappa shape index (κ3) is 7.24. The van der Waals surface area contributed by atoms with Crippen LogP contribution in [0.2, 0.25) is 0 Å². The molecule has 1 heterocycles. The van der Waals surface area contributed by atoms with Crippen LogP contribution in [0.15, 0.2) is 48.5 Å². The maximum Gasteiger partial charge on any atom is 0.224 e. The third-order valence-corrected chi connectivity index (χ3v) is 4.79. The average molecular weight is 389 g/mol. The average Bonchev–Trinajstić information content (AvgIpc) is 3.14. The van der Waals surface area contributed by atoms with E-state index >= 15 is 0 Å². The lowest BCUT2D eigenvalue weighted by atomic mass is 10.1. The monoisotopic (exact) mass is 388 g/mol. The number of rotatable bonds is 8. The Balaban J connectivity index is 0.00000261. The van der Waals surface area contributed by atoms with Crippen molar-refractivity contribution in [2.45, 2.75) is 32.8 Å². The summed E-state index contributed by atoms with van der Waals surface area (Å²) < 4.78 is 5.88. The highest BCUT2D eigenvalue weighted by molar-refractivity contribution is 5.85. The Morgan fingerprint density at radius 2 is 2.00 bits per heavy atom. The van der Waals surface area contributed by atoms with Crippen molar-refractivity contribution in [2.24, 2.45) is 5.92 Å². The Morgan fingerprint density at radius 3 is 2.78 bits per heavy atom. The Hall–Kier alpha value is -2.04. The Kier molecular flexibility index (Phi) is 8.62. The van der Waals surface area contributed by atoms with Gasteiger partial charge in [0.15, 0.2) is 0 Å². The smallest absolute Gasteiger partial charge is 0.224 e. The molecule has 1 fully saturated rings. The molecule has 0 radical (unpaired) electrons. The lowest BCUT2D eigenvalue weighted by molar-refractivity contribution is -0.120. The van der Waals surface area contributed by atoms with E-state index in [9.17, 15) is 4.79 Å². The maximum absolute atomic E-state index is 12.1. The van der Waals surface area contributed by atoms with Crippen molar-refractivity contribution in [1.82, 2.24) is 10.6 Å². The predicted molar refractivity (Wildman–Crippen MR) is 112 cm³/mol. The molecular weight excluding hydrogens is 360 g/mol. The zero-order valence-electron chi connectivity index (χ0n) is 15.9. The first-order chi connectivity index (χ1) is 12.7. The normalized spacial score (nSPS) is 15.8. The second-order valence-corrected chi connectivity index (χ2v) is 7.10. The van der Waals surface area contributed by atoms with Crippen molar-refractivity contribution in [1.29, 1.82) is 0 Å². The molecule has 1 aliphatic rings. The number of nitrogens with one attached hydrogen (secondary N) is 2. The van der Waals surface area contributed by atoms with Crippen LogP contribution in [-0.4, -0.2) is 25.5 Å². The van der Waals surface area contributed by atoms with Gasteiger partial charge in [-0.2, -0.15) is 0 Å². The molecule has 0 aliphatic carbocycles. The van der Waals surface area contributed by atoms with Crippen LogP contribution in [0.1, 0.15) is 29.5 Å². The number of aryl methyl sites for hydroxylation is 1. The standard InChI is InChI=1S/C22H28N2O2.ClH/c1-17-4-2-6-20(12-17)16-26-21-7-3-5-19(13-21)14-22(25)24-11-9-18-8-10-23-15-18;/h2-7,12-13,18,23H,8-11,14-16H2,1H3,(H,24,25);1H. The Morgan fingerprint density at radius 1 is 1.19 bits per heavy atom. The van der Waals surface area contributed by atoms with Crippen LogP contribution < -0.4 is 15.4 Å². The lowest BCUT2D eigenvalue weighted by Crippen LogP contribution is -2.27. The van der Waals surface area contributed by atoms with Gasteiger partial charge in [0.05, 0.1) is 6.42 Å². The van der Waals surface area contributed by atoms with Crippen LogP contribution in [0.3, 0.4) is 0 Å². The zero-order valence-corrected chi connectivity index (χ0v) is 16.7. The molecule has 1 atom stereocenters. The first-order valence-corrected chi connectivity index (χ1v) is 9.44. The molecule has 1 aliphatic heterocycles. The van der Waals surface area contributed by atoms with Crippen molar-refractivity contribution in [3.8, 4) is 5.75 Å². The number of amides is 1. The molecule has 0 aromatic heterocycles. The van der Waals surface area contributed by atoms with Crippen molar-refractivity contribution < 1.29 is 9.53 Å². The fraction of sp³-hybridized carbons (Fsp3) is 0.409. The van der Waals surface area contributed by atoms with Crippen molar-refractivity contribution in [2.75, 3.05) is 19.6 Å². The zero-order chi connectivity index (χ0) is 18.2. The molecule has 1 unspecified atom stereocenters. The van der Waals surface area contributed by atoms with E-state index in [0.717, 1.165) is 42.9 Å². The fourth-order valence-electron chi connectivity index (χ4n) is 3.34. The number of halogens is 1. The summed E-state index contributed by atoms with van der Waals surface area (Å²) in [4.78, 5) is 12.1. The molecule has 0 bridgehead atoms. The van der Waals surface area contributed by atoms with Gasteiger partial charge < -0.3 is 15.4 Å². The van der Waals surface area contributed by atoms with Crippen LogP contribution in [0.5, 0.6) is 5.75 Å². The van der Waals surface area contributed by atoms with Gasteiger partial charge in [0.25, 0.3) is 0 Å². The minimum absolute atomic E-state index is 0. The summed E-state index contributed by atoms with van der Waals surface area (Å²) >= 11 is 0. The Bertz CT molecular complexity index is 730. The second kappa shape index (κ2) is 11.0. The van der Waals surface area contributed by atoms with Gasteiger partial charge in [0.2, 0.25) is 5.91 Å². The molecule has 0 saturated carbocycles. The van der Waals surface area contributed by atoms with Gasteiger partial charge in [0.1, 0.15) is 12.4 Å². The molecule has 0 spiro atoms. The van der Waals surface area contributed by atoms with Gasteiger partial charge >= 0.3 is 0 Å². The largest absolute Gasteiger partial charge is 0.489 e. The molecule has 2 aromatic carbocycles. The van der Waals surface area contributed by atoms with Crippen LogP contribution >= 0.6 is 12.4 Å². The van der Waals surface area contributed by atoms with Gasteiger partial charge in [0, 0.05) is 6.54 Å². The quantitative estimate of drug-likeness (QED) is 0.725. The minimum atomic E-state index is 0. The molecular formula is C22H29ClN2O2. The van der Waals surface area contributed by atoms with E-state index < -0.39 is 0 Å². The molecule has 146 valence electrons. The molecule has 3 rings (SSSR count). The third-order valence-electron chi connectivity index (χ3n) is 4.79. The molecule has 27 heavy (non-hydrogen) atoms. The van der Waals surface area contributed by atoms with E-state index in [4.69, 9.17) is 4.74 Å². The molecule has 4 nitrogen and oxygen atoms in total. The number of carbonyl (C=O) groups excluding carboxylic acids is 1. The topological polar surface area (TPSA) is 50.4 Å². The first kappa shape index (κ1) is 21.3. The van der Waals surface area contributed by atoms with Gasteiger partial charge in [-0.1, -0.05) is 42.0 Å². The van der Waals surface area contributed by atoms with E-state index in [1.165, 1.54) is 12.0 Å². The van der Waals surface area contributed by atoms with Gasteiger partial charge in [-0.15, -0.1) is 12.4 Å². The second-order valence-electron chi connectivity index (χ2n) is 7.10. The summed E-state index contributed by atoms with van der Waals surface area (Å²) in [6, 6.07) is 16.1. The summed E-state index contributed by atoms with van der Waals surface area (Å²) in [5.41, 5.74) is 3.35. The van der Waals surface area contributed by atoms with Gasteiger partial charge in [-0.3, -0.25) is 4.79 Å². The van der Waals surface area contributed by atoms with Crippen LogP contribution in [0.4, 0.5) is 0 Å².